The van der Waals surface area contributed by atoms with Gasteiger partial charge in [0, 0.05) is 12.7 Å². The van der Waals surface area contributed by atoms with Crippen LogP contribution in [0, 0.1) is 7.14 Å². The molecular formula is C9H7BrI2O. The fourth-order valence-electron chi connectivity index (χ4n) is 0.926. The van der Waals surface area contributed by atoms with Gasteiger partial charge in [0.2, 0.25) is 0 Å². The van der Waals surface area contributed by atoms with Gasteiger partial charge in [0.05, 0.1) is 4.83 Å². The van der Waals surface area contributed by atoms with Crippen molar-refractivity contribution in [2.45, 2.75) is 11.8 Å². The van der Waals surface area contributed by atoms with Gasteiger partial charge in [-0.1, -0.05) is 15.9 Å². The molecule has 4 heteroatoms. The summed E-state index contributed by atoms with van der Waals surface area (Å²) in [5.74, 6) is 0.136. The fourth-order valence-corrected chi connectivity index (χ4v) is 3.13. The van der Waals surface area contributed by atoms with Crippen molar-refractivity contribution >= 4 is 66.9 Å². The van der Waals surface area contributed by atoms with E-state index in [0.717, 1.165) is 12.7 Å². The molecule has 0 amide bonds. The molecule has 0 aliphatic carbocycles. The van der Waals surface area contributed by atoms with E-state index in [-0.39, 0.29) is 10.6 Å². The van der Waals surface area contributed by atoms with Crippen LogP contribution in [0.15, 0.2) is 18.2 Å². The van der Waals surface area contributed by atoms with Gasteiger partial charge in [-0.2, -0.15) is 0 Å². The van der Waals surface area contributed by atoms with Gasteiger partial charge in [-0.3, -0.25) is 4.79 Å². The van der Waals surface area contributed by atoms with Crippen LogP contribution >= 0.6 is 61.1 Å². The molecule has 0 radical (unpaired) electrons. The van der Waals surface area contributed by atoms with Gasteiger partial charge < -0.3 is 0 Å². The molecule has 0 saturated heterocycles. The number of rotatable bonds is 2. The summed E-state index contributed by atoms with van der Waals surface area (Å²) in [6.07, 6.45) is 0. The van der Waals surface area contributed by atoms with Crippen LogP contribution in [0.1, 0.15) is 17.3 Å². The van der Waals surface area contributed by atoms with Crippen molar-refractivity contribution < 1.29 is 4.79 Å². The zero-order chi connectivity index (χ0) is 10.0. The molecule has 0 saturated carbocycles. The van der Waals surface area contributed by atoms with E-state index in [2.05, 4.69) is 61.1 Å². The van der Waals surface area contributed by atoms with Crippen molar-refractivity contribution in [2.24, 2.45) is 0 Å². The fraction of sp³-hybridized carbons (Fsp3) is 0.222. The van der Waals surface area contributed by atoms with E-state index in [1.54, 1.807) is 0 Å². The van der Waals surface area contributed by atoms with E-state index in [0.29, 0.717) is 0 Å². The summed E-state index contributed by atoms with van der Waals surface area (Å²) in [4.78, 5) is 11.5. The van der Waals surface area contributed by atoms with Crippen molar-refractivity contribution in [1.29, 1.82) is 0 Å². The maximum Gasteiger partial charge on any atom is 0.176 e. The second kappa shape index (κ2) is 5.06. The third-order valence-electron chi connectivity index (χ3n) is 1.51. The van der Waals surface area contributed by atoms with Gasteiger partial charge in [0.15, 0.2) is 5.78 Å². The average Bonchev–Trinajstić information content (AvgIpc) is 2.01. The molecule has 1 atom stereocenters. The number of halogens is 3. The van der Waals surface area contributed by atoms with Gasteiger partial charge in [-0.25, -0.2) is 0 Å². The molecule has 0 aromatic heterocycles. The van der Waals surface area contributed by atoms with Gasteiger partial charge in [-0.05, 0) is 70.3 Å². The third kappa shape index (κ3) is 3.47. The Kier molecular flexibility index (Phi) is 4.64. The highest BCUT2D eigenvalue weighted by Crippen LogP contribution is 2.17. The monoisotopic (exact) mass is 464 g/mol. The minimum Gasteiger partial charge on any atom is -0.293 e. The van der Waals surface area contributed by atoms with Crippen molar-refractivity contribution in [3.63, 3.8) is 0 Å². The SMILES string of the molecule is CC(Br)C(=O)c1cc(I)cc(I)c1. The Labute approximate surface area is 113 Å². The zero-order valence-electron chi connectivity index (χ0n) is 6.85. The van der Waals surface area contributed by atoms with Crippen molar-refractivity contribution in [3.8, 4) is 0 Å². The highest BCUT2D eigenvalue weighted by molar-refractivity contribution is 14.1. The quantitative estimate of drug-likeness (QED) is 0.369. The molecule has 13 heavy (non-hydrogen) atoms. The van der Waals surface area contributed by atoms with Crippen LogP contribution in [0.5, 0.6) is 0 Å². The maximum atomic E-state index is 11.6. The van der Waals surface area contributed by atoms with Crippen LogP contribution in [-0.4, -0.2) is 10.6 Å². The molecule has 1 nitrogen and oxygen atoms in total. The second-order valence-electron chi connectivity index (χ2n) is 2.64. The van der Waals surface area contributed by atoms with Crippen LogP contribution in [0.25, 0.3) is 0 Å². The van der Waals surface area contributed by atoms with E-state index in [1.807, 2.05) is 25.1 Å². The molecule has 70 valence electrons. The standard InChI is InChI=1S/C9H7BrI2O/c1-5(10)9(13)6-2-7(11)4-8(12)3-6/h2-5H,1H3. The maximum absolute atomic E-state index is 11.6. The zero-order valence-corrected chi connectivity index (χ0v) is 12.8. The lowest BCUT2D eigenvalue weighted by Crippen LogP contribution is -2.10. The Morgan fingerprint density at radius 2 is 1.77 bits per heavy atom. The largest absolute Gasteiger partial charge is 0.293 e. The normalized spacial score (nSPS) is 12.6. The number of hydrogen-bond donors (Lipinski definition) is 0. The van der Waals surface area contributed by atoms with Crippen molar-refractivity contribution in [2.75, 3.05) is 0 Å². The number of hydrogen-bond acceptors (Lipinski definition) is 1. The minimum atomic E-state index is -0.110. The Bertz CT molecular complexity index is 316. The molecule has 0 bridgehead atoms. The molecule has 0 aliphatic rings. The summed E-state index contributed by atoms with van der Waals surface area (Å²) < 4.78 is 2.20. The van der Waals surface area contributed by atoms with Crippen molar-refractivity contribution in [1.82, 2.24) is 0 Å². The number of benzene rings is 1. The van der Waals surface area contributed by atoms with E-state index >= 15 is 0 Å². The third-order valence-corrected chi connectivity index (χ3v) is 3.17. The molecule has 1 rings (SSSR count). The first kappa shape index (κ1) is 11.9. The van der Waals surface area contributed by atoms with Crippen LogP contribution in [0.3, 0.4) is 0 Å². The predicted octanol–water partition coefficient (Wildman–Crippen LogP) is 3.86. The Balaban J connectivity index is 3.08. The molecule has 0 spiro atoms. The Hall–Kier alpha value is 0.830. The summed E-state index contributed by atoms with van der Waals surface area (Å²) in [6, 6.07) is 5.85. The van der Waals surface area contributed by atoms with E-state index < -0.39 is 0 Å². The topological polar surface area (TPSA) is 17.1 Å². The number of ketones is 1. The lowest BCUT2D eigenvalue weighted by molar-refractivity contribution is 0.0995. The van der Waals surface area contributed by atoms with Crippen LogP contribution in [0.2, 0.25) is 0 Å². The summed E-state index contributed by atoms with van der Waals surface area (Å²) in [7, 11) is 0. The first-order valence-electron chi connectivity index (χ1n) is 3.65. The van der Waals surface area contributed by atoms with Gasteiger partial charge in [-0.15, -0.1) is 0 Å². The van der Waals surface area contributed by atoms with Crippen LogP contribution in [0.4, 0.5) is 0 Å². The highest BCUT2D eigenvalue weighted by Gasteiger charge is 2.12. The first-order chi connectivity index (χ1) is 6.00. The molecular weight excluding hydrogens is 458 g/mol. The summed E-state index contributed by atoms with van der Waals surface area (Å²) in [5, 5.41) is 0. The van der Waals surface area contributed by atoms with Crippen LogP contribution in [-0.2, 0) is 0 Å². The molecule has 0 fully saturated rings. The highest BCUT2D eigenvalue weighted by atomic mass is 127. The predicted molar refractivity (Wildman–Crippen MR) is 74.6 cm³/mol. The molecule has 0 aliphatic heterocycles. The minimum absolute atomic E-state index is 0.110. The van der Waals surface area contributed by atoms with Crippen molar-refractivity contribution in [3.05, 3.63) is 30.9 Å². The average molecular weight is 465 g/mol. The summed E-state index contributed by atoms with van der Waals surface area (Å²) in [6.45, 7) is 1.84. The summed E-state index contributed by atoms with van der Waals surface area (Å²) >= 11 is 7.70. The van der Waals surface area contributed by atoms with Gasteiger partial charge >= 0.3 is 0 Å². The van der Waals surface area contributed by atoms with Crippen LogP contribution < -0.4 is 0 Å². The lowest BCUT2D eigenvalue weighted by Gasteiger charge is -2.04. The second-order valence-corrected chi connectivity index (χ2v) is 6.50. The van der Waals surface area contributed by atoms with E-state index in [1.165, 1.54) is 0 Å². The number of Topliss-reactive ketones (excluding diaryl/α,β-unsaturated/α-hetero) is 1. The van der Waals surface area contributed by atoms with E-state index in [9.17, 15) is 4.79 Å². The lowest BCUT2D eigenvalue weighted by atomic mass is 10.1. The molecule has 1 unspecified atom stereocenters. The Morgan fingerprint density at radius 1 is 1.31 bits per heavy atom. The molecule has 1 aromatic carbocycles. The smallest absolute Gasteiger partial charge is 0.176 e. The number of carbonyl (C=O) groups excluding carboxylic acids is 1. The molecule has 1 aromatic rings. The summed E-state index contributed by atoms with van der Waals surface area (Å²) in [5.41, 5.74) is 0.778. The van der Waals surface area contributed by atoms with Gasteiger partial charge in [0.1, 0.15) is 0 Å². The van der Waals surface area contributed by atoms with Gasteiger partial charge in [0.25, 0.3) is 0 Å². The first-order valence-corrected chi connectivity index (χ1v) is 6.72. The van der Waals surface area contributed by atoms with E-state index in [4.69, 9.17) is 0 Å². The number of carbonyl (C=O) groups is 1. The molecule has 0 N–H and O–H groups in total. The molecule has 0 heterocycles. The Morgan fingerprint density at radius 3 is 2.15 bits per heavy atom. The number of alkyl halides is 1.